The summed E-state index contributed by atoms with van der Waals surface area (Å²) in [6, 6.07) is 9.51. The highest BCUT2D eigenvalue weighted by Crippen LogP contribution is 2.38. The number of halogens is 2. The fourth-order valence-electron chi connectivity index (χ4n) is 2.02. The molecule has 0 amide bonds. The summed E-state index contributed by atoms with van der Waals surface area (Å²) in [5, 5.41) is 2.00. The molecule has 0 fully saturated rings. The fourth-order valence-corrected chi connectivity index (χ4v) is 3.36. The number of hydrogen-bond acceptors (Lipinski definition) is 4. The minimum Gasteiger partial charge on any atom is -0.240 e. The summed E-state index contributed by atoms with van der Waals surface area (Å²) in [6.45, 7) is 4.25. The van der Waals surface area contributed by atoms with Crippen molar-refractivity contribution < 1.29 is 0 Å². The van der Waals surface area contributed by atoms with Gasteiger partial charge in [0.2, 0.25) is 5.28 Å². The van der Waals surface area contributed by atoms with Gasteiger partial charge in [-0.3, -0.25) is 0 Å². The monoisotopic (exact) mass is 349 g/mol. The summed E-state index contributed by atoms with van der Waals surface area (Å²) in [5.41, 5.74) is 2.70. The number of aromatic nitrogens is 3. The molecule has 112 valence electrons. The average molecular weight is 350 g/mol. The summed E-state index contributed by atoms with van der Waals surface area (Å²) >= 11 is 13.5. The van der Waals surface area contributed by atoms with E-state index in [0.717, 1.165) is 26.8 Å². The third-order valence-electron chi connectivity index (χ3n) is 3.11. The van der Waals surface area contributed by atoms with Gasteiger partial charge in [-0.2, -0.15) is 0 Å². The predicted octanol–water partition coefficient (Wildman–Crippen LogP) is 5.70. The van der Waals surface area contributed by atoms with Crippen LogP contribution >= 0.6 is 34.5 Å². The van der Waals surface area contributed by atoms with Gasteiger partial charge in [-0.05, 0) is 29.8 Å². The molecule has 0 N–H and O–H groups in total. The summed E-state index contributed by atoms with van der Waals surface area (Å²) in [7, 11) is 0. The maximum Gasteiger partial charge on any atom is 0.222 e. The first-order chi connectivity index (χ1) is 10.5. The lowest BCUT2D eigenvalue weighted by Crippen LogP contribution is -1.88. The normalized spacial score (nSPS) is 11.1. The van der Waals surface area contributed by atoms with E-state index in [9.17, 15) is 0 Å². The number of thiazole rings is 1. The van der Waals surface area contributed by atoms with Crippen LogP contribution in [-0.2, 0) is 0 Å². The molecule has 0 aliphatic carbocycles. The van der Waals surface area contributed by atoms with Crippen LogP contribution < -0.4 is 0 Å². The number of nitrogens with zero attached hydrogens (tertiary/aromatic N) is 3. The Bertz CT molecular complexity index is 797. The Balaban J connectivity index is 2.18. The molecule has 0 aliphatic heterocycles. The summed E-state index contributed by atoms with van der Waals surface area (Å²) in [4.78, 5) is 14.0. The van der Waals surface area contributed by atoms with E-state index in [1.807, 2.05) is 30.3 Å². The number of rotatable bonds is 3. The Morgan fingerprint density at radius 3 is 2.36 bits per heavy atom. The number of benzene rings is 1. The van der Waals surface area contributed by atoms with Crippen molar-refractivity contribution in [1.82, 2.24) is 15.0 Å². The Morgan fingerprint density at radius 2 is 1.73 bits per heavy atom. The van der Waals surface area contributed by atoms with E-state index >= 15 is 0 Å². The highest BCUT2D eigenvalue weighted by molar-refractivity contribution is 7.15. The molecule has 0 saturated heterocycles. The summed E-state index contributed by atoms with van der Waals surface area (Å²) in [5.74, 6) is 0.349. The molecule has 0 radical (unpaired) electrons. The van der Waals surface area contributed by atoms with E-state index in [1.165, 1.54) is 0 Å². The molecule has 0 spiro atoms. The third-order valence-corrected chi connectivity index (χ3v) is 4.93. The topological polar surface area (TPSA) is 38.7 Å². The maximum absolute atomic E-state index is 5.98. The van der Waals surface area contributed by atoms with Gasteiger partial charge in [-0.25, -0.2) is 15.0 Å². The molecule has 0 unspecified atom stereocenters. The maximum atomic E-state index is 5.98. The molecule has 2 aromatic heterocycles. The quantitative estimate of drug-likeness (QED) is 0.569. The standard InChI is InChI=1S/C16H13Cl2N3S/c1-9(2)15-21-13(10-3-5-11(17)6-4-10)14(22-15)12-7-8-19-16(18)20-12/h3-9H,1-2H3. The van der Waals surface area contributed by atoms with Crippen LogP contribution in [0.25, 0.3) is 21.8 Å². The summed E-state index contributed by atoms with van der Waals surface area (Å²) in [6.07, 6.45) is 1.66. The Labute approximate surface area is 143 Å². The molecule has 0 bridgehead atoms. The van der Waals surface area contributed by atoms with E-state index in [0.29, 0.717) is 10.9 Å². The first-order valence-electron chi connectivity index (χ1n) is 6.80. The van der Waals surface area contributed by atoms with Crippen molar-refractivity contribution in [2.45, 2.75) is 19.8 Å². The molecule has 0 aliphatic rings. The van der Waals surface area contributed by atoms with Crippen molar-refractivity contribution in [2.24, 2.45) is 0 Å². The molecule has 2 heterocycles. The van der Waals surface area contributed by atoms with Crippen LogP contribution in [0.2, 0.25) is 10.3 Å². The lowest BCUT2D eigenvalue weighted by atomic mass is 10.1. The van der Waals surface area contributed by atoms with Gasteiger partial charge in [0, 0.05) is 22.7 Å². The van der Waals surface area contributed by atoms with Crippen molar-refractivity contribution in [1.29, 1.82) is 0 Å². The van der Waals surface area contributed by atoms with E-state index in [-0.39, 0.29) is 5.28 Å². The zero-order valence-electron chi connectivity index (χ0n) is 12.0. The van der Waals surface area contributed by atoms with Gasteiger partial charge in [0.15, 0.2) is 0 Å². The van der Waals surface area contributed by atoms with E-state index in [1.54, 1.807) is 17.5 Å². The number of hydrogen-bond donors (Lipinski definition) is 0. The van der Waals surface area contributed by atoms with Gasteiger partial charge in [0.1, 0.15) is 0 Å². The largest absolute Gasteiger partial charge is 0.240 e. The highest BCUT2D eigenvalue weighted by Gasteiger charge is 2.18. The SMILES string of the molecule is CC(C)c1nc(-c2ccc(Cl)cc2)c(-c2ccnc(Cl)n2)s1. The van der Waals surface area contributed by atoms with Crippen molar-refractivity contribution in [2.75, 3.05) is 0 Å². The molecule has 6 heteroatoms. The summed E-state index contributed by atoms with van der Waals surface area (Å²) < 4.78 is 0. The second-order valence-corrected chi connectivity index (χ2v) is 6.91. The molecule has 1 aromatic carbocycles. The highest BCUT2D eigenvalue weighted by atomic mass is 35.5. The van der Waals surface area contributed by atoms with Crippen molar-refractivity contribution in [3.63, 3.8) is 0 Å². The van der Waals surface area contributed by atoms with Gasteiger partial charge < -0.3 is 0 Å². The smallest absolute Gasteiger partial charge is 0.222 e. The molecule has 3 rings (SSSR count). The predicted molar refractivity (Wildman–Crippen MR) is 92.7 cm³/mol. The molecule has 0 saturated carbocycles. The zero-order valence-corrected chi connectivity index (χ0v) is 14.4. The van der Waals surface area contributed by atoms with E-state index in [4.69, 9.17) is 28.2 Å². The van der Waals surface area contributed by atoms with Gasteiger partial charge in [0.25, 0.3) is 0 Å². The Hall–Kier alpha value is -1.49. The van der Waals surface area contributed by atoms with Crippen LogP contribution in [0.1, 0.15) is 24.8 Å². The van der Waals surface area contributed by atoms with Crippen LogP contribution in [0.3, 0.4) is 0 Å². The second kappa shape index (κ2) is 6.32. The molecular weight excluding hydrogens is 337 g/mol. The molecule has 3 aromatic rings. The first-order valence-corrected chi connectivity index (χ1v) is 8.37. The van der Waals surface area contributed by atoms with Crippen LogP contribution in [-0.4, -0.2) is 15.0 Å². The average Bonchev–Trinajstić information content (AvgIpc) is 2.93. The second-order valence-electron chi connectivity index (χ2n) is 5.10. The lowest BCUT2D eigenvalue weighted by Gasteiger charge is -2.02. The van der Waals surface area contributed by atoms with E-state index in [2.05, 4.69) is 23.8 Å². The van der Waals surface area contributed by atoms with Crippen LogP contribution in [0, 0.1) is 0 Å². The van der Waals surface area contributed by atoms with Gasteiger partial charge in [-0.15, -0.1) is 11.3 Å². The van der Waals surface area contributed by atoms with Gasteiger partial charge in [-0.1, -0.05) is 37.6 Å². The molecule has 22 heavy (non-hydrogen) atoms. The van der Waals surface area contributed by atoms with Crippen LogP contribution in [0.5, 0.6) is 0 Å². The van der Waals surface area contributed by atoms with Crippen LogP contribution in [0.15, 0.2) is 36.5 Å². The first kappa shape index (κ1) is 15.4. The fraction of sp³-hybridized carbons (Fsp3) is 0.188. The molecule has 0 atom stereocenters. The molecule has 3 nitrogen and oxygen atoms in total. The van der Waals surface area contributed by atoms with Crippen molar-refractivity contribution >= 4 is 34.5 Å². The van der Waals surface area contributed by atoms with E-state index < -0.39 is 0 Å². The minimum atomic E-state index is 0.235. The molecular formula is C16H13Cl2N3S. The van der Waals surface area contributed by atoms with Crippen LogP contribution in [0.4, 0.5) is 0 Å². The van der Waals surface area contributed by atoms with Crippen molar-refractivity contribution in [3.8, 4) is 21.8 Å². The lowest BCUT2D eigenvalue weighted by molar-refractivity contribution is 0.853. The van der Waals surface area contributed by atoms with Crippen molar-refractivity contribution in [3.05, 3.63) is 51.8 Å². The van der Waals surface area contributed by atoms with Gasteiger partial charge in [0.05, 0.1) is 21.3 Å². The Morgan fingerprint density at radius 1 is 1.00 bits per heavy atom. The third kappa shape index (κ3) is 3.14. The zero-order chi connectivity index (χ0) is 15.7. The Kier molecular flexibility index (Phi) is 4.43. The minimum absolute atomic E-state index is 0.235. The van der Waals surface area contributed by atoms with Gasteiger partial charge >= 0.3 is 0 Å².